The summed E-state index contributed by atoms with van der Waals surface area (Å²) in [5, 5.41) is 8.79. The molecule has 1 aromatic heterocycles. The van der Waals surface area contributed by atoms with Crippen molar-refractivity contribution in [2.45, 2.75) is 23.6 Å². The summed E-state index contributed by atoms with van der Waals surface area (Å²) in [5.41, 5.74) is 5.28. The lowest BCUT2D eigenvalue weighted by molar-refractivity contribution is -0.117. The Hall–Kier alpha value is -1.56. The molecule has 0 bridgehead atoms. The molecule has 0 saturated carbocycles. The molecular weight excluding hydrogens is 228 g/mol. The van der Waals surface area contributed by atoms with Gasteiger partial charge in [0.25, 0.3) is 0 Å². The standard InChI is InChI=1S/C10H12N2O3S/c1-2-7(8(11)13)16-9-6(10(14)15)4-3-5-12-9/h3-5,7H,2H2,1H3,(H2,11,13)(H,14,15). The maximum atomic E-state index is 11.0. The summed E-state index contributed by atoms with van der Waals surface area (Å²) >= 11 is 1.09. The Bertz CT molecular complexity index is 409. The maximum Gasteiger partial charge on any atom is 0.338 e. The first-order valence-corrected chi connectivity index (χ1v) is 5.58. The molecule has 1 unspecified atom stereocenters. The third-order valence-corrected chi connectivity index (χ3v) is 3.34. The Morgan fingerprint density at radius 3 is 2.81 bits per heavy atom. The van der Waals surface area contributed by atoms with Crippen LogP contribution in [0.3, 0.4) is 0 Å². The van der Waals surface area contributed by atoms with E-state index in [1.807, 2.05) is 6.92 Å². The molecule has 0 aliphatic carbocycles. The molecule has 1 rings (SSSR count). The van der Waals surface area contributed by atoms with Crippen molar-refractivity contribution in [1.82, 2.24) is 4.98 Å². The Balaban J connectivity index is 2.95. The fraction of sp³-hybridized carbons (Fsp3) is 0.300. The van der Waals surface area contributed by atoms with Crippen LogP contribution in [0.25, 0.3) is 0 Å². The number of rotatable bonds is 5. The van der Waals surface area contributed by atoms with E-state index in [4.69, 9.17) is 10.8 Å². The number of carbonyl (C=O) groups excluding carboxylic acids is 1. The number of thioether (sulfide) groups is 1. The lowest BCUT2D eigenvalue weighted by Crippen LogP contribution is -2.25. The third kappa shape index (κ3) is 2.96. The minimum absolute atomic E-state index is 0.0900. The summed E-state index contributed by atoms with van der Waals surface area (Å²) in [6.07, 6.45) is 2.03. The number of aromatic nitrogens is 1. The van der Waals surface area contributed by atoms with E-state index in [0.717, 1.165) is 11.8 Å². The summed E-state index contributed by atoms with van der Waals surface area (Å²) in [5.74, 6) is -1.52. The van der Waals surface area contributed by atoms with Gasteiger partial charge in [0.1, 0.15) is 5.03 Å². The van der Waals surface area contributed by atoms with E-state index < -0.39 is 17.1 Å². The van der Waals surface area contributed by atoms with Crippen LogP contribution in [0.15, 0.2) is 23.4 Å². The molecule has 1 aromatic rings. The van der Waals surface area contributed by atoms with E-state index in [0.29, 0.717) is 11.4 Å². The molecule has 86 valence electrons. The SMILES string of the molecule is CCC(Sc1ncccc1C(=O)O)C(N)=O. The van der Waals surface area contributed by atoms with E-state index in [1.165, 1.54) is 12.3 Å². The highest BCUT2D eigenvalue weighted by Gasteiger charge is 2.19. The molecule has 0 radical (unpaired) electrons. The molecule has 16 heavy (non-hydrogen) atoms. The third-order valence-electron chi connectivity index (χ3n) is 1.94. The van der Waals surface area contributed by atoms with Crippen molar-refractivity contribution in [3.8, 4) is 0 Å². The fourth-order valence-electron chi connectivity index (χ4n) is 1.12. The van der Waals surface area contributed by atoms with Gasteiger partial charge in [0.05, 0.1) is 10.8 Å². The number of hydrogen-bond acceptors (Lipinski definition) is 4. The number of amides is 1. The quantitative estimate of drug-likeness (QED) is 0.753. The fourth-order valence-corrected chi connectivity index (χ4v) is 2.08. The van der Waals surface area contributed by atoms with Crippen molar-refractivity contribution in [3.63, 3.8) is 0 Å². The van der Waals surface area contributed by atoms with E-state index in [9.17, 15) is 9.59 Å². The first-order chi connectivity index (χ1) is 7.56. The van der Waals surface area contributed by atoms with Crippen LogP contribution >= 0.6 is 11.8 Å². The van der Waals surface area contributed by atoms with Crippen LogP contribution in [0, 0.1) is 0 Å². The van der Waals surface area contributed by atoms with Gasteiger partial charge >= 0.3 is 5.97 Å². The molecule has 1 amide bonds. The number of carboxylic acid groups (broad SMARTS) is 1. The lowest BCUT2D eigenvalue weighted by atomic mass is 10.3. The average Bonchev–Trinajstić information content (AvgIpc) is 2.25. The van der Waals surface area contributed by atoms with E-state index in [-0.39, 0.29) is 5.56 Å². The normalized spacial score (nSPS) is 12.1. The molecular formula is C10H12N2O3S. The van der Waals surface area contributed by atoms with E-state index in [2.05, 4.69) is 4.98 Å². The van der Waals surface area contributed by atoms with Gasteiger partial charge in [-0.2, -0.15) is 0 Å². The summed E-state index contributed by atoms with van der Waals surface area (Å²) < 4.78 is 0. The molecule has 1 atom stereocenters. The van der Waals surface area contributed by atoms with Crippen LogP contribution in [0.2, 0.25) is 0 Å². The van der Waals surface area contributed by atoms with Crippen LogP contribution < -0.4 is 5.73 Å². The molecule has 3 N–H and O–H groups in total. The van der Waals surface area contributed by atoms with Crippen molar-refractivity contribution >= 4 is 23.6 Å². The van der Waals surface area contributed by atoms with Gasteiger partial charge in [-0.1, -0.05) is 18.7 Å². The number of nitrogens with two attached hydrogens (primary N) is 1. The van der Waals surface area contributed by atoms with E-state index in [1.54, 1.807) is 6.07 Å². The first kappa shape index (κ1) is 12.5. The molecule has 1 heterocycles. The van der Waals surface area contributed by atoms with Gasteiger partial charge in [-0.25, -0.2) is 9.78 Å². The van der Waals surface area contributed by atoms with E-state index >= 15 is 0 Å². The predicted octanol–water partition coefficient (Wildman–Crippen LogP) is 1.14. The monoisotopic (exact) mass is 240 g/mol. The maximum absolute atomic E-state index is 11.0. The van der Waals surface area contributed by atoms with Crippen LogP contribution in [0.5, 0.6) is 0 Å². The smallest absolute Gasteiger partial charge is 0.338 e. The number of pyridine rings is 1. The topological polar surface area (TPSA) is 93.3 Å². The minimum Gasteiger partial charge on any atom is -0.478 e. The zero-order chi connectivity index (χ0) is 12.1. The first-order valence-electron chi connectivity index (χ1n) is 4.70. The summed E-state index contributed by atoms with van der Waals surface area (Å²) in [6.45, 7) is 1.81. The molecule has 0 aromatic carbocycles. The Morgan fingerprint density at radius 2 is 2.31 bits per heavy atom. The van der Waals surface area contributed by atoms with Gasteiger partial charge < -0.3 is 10.8 Å². The molecule has 0 saturated heterocycles. The van der Waals surface area contributed by atoms with Crippen molar-refractivity contribution in [2.75, 3.05) is 0 Å². The minimum atomic E-state index is -1.06. The highest BCUT2D eigenvalue weighted by atomic mass is 32.2. The number of nitrogens with zero attached hydrogens (tertiary/aromatic N) is 1. The molecule has 5 nitrogen and oxygen atoms in total. The van der Waals surface area contributed by atoms with Crippen LogP contribution in [-0.2, 0) is 4.79 Å². The Labute approximate surface area is 97.1 Å². The second-order valence-corrected chi connectivity index (χ2v) is 4.27. The number of primary amides is 1. The van der Waals surface area contributed by atoms with Crippen LogP contribution in [0.1, 0.15) is 23.7 Å². The van der Waals surface area contributed by atoms with Gasteiger partial charge in [0.2, 0.25) is 5.91 Å². The predicted molar refractivity (Wildman–Crippen MR) is 60.3 cm³/mol. The second-order valence-electron chi connectivity index (χ2n) is 3.08. The Kier molecular flexibility index (Phi) is 4.30. The van der Waals surface area contributed by atoms with Gasteiger partial charge in [0, 0.05) is 6.20 Å². The summed E-state index contributed by atoms with van der Waals surface area (Å²) in [4.78, 5) is 25.9. The van der Waals surface area contributed by atoms with Gasteiger partial charge in [-0.15, -0.1) is 0 Å². The molecule has 0 spiro atoms. The molecule has 6 heteroatoms. The van der Waals surface area contributed by atoms with Gasteiger partial charge in [0.15, 0.2) is 0 Å². The zero-order valence-electron chi connectivity index (χ0n) is 8.71. The van der Waals surface area contributed by atoms with Crippen LogP contribution in [0.4, 0.5) is 0 Å². The number of aromatic carboxylic acids is 1. The number of hydrogen-bond donors (Lipinski definition) is 2. The van der Waals surface area contributed by atoms with Gasteiger partial charge in [-0.05, 0) is 18.6 Å². The van der Waals surface area contributed by atoms with Crippen molar-refractivity contribution in [1.29, 1.82) is 0 Å². The summed E-state index contributed by atoms with van der Waals surface area (Å²) in [6, 6.07) is 2.99. The Morgan fingerprint density at radius 1 is 1.62 bits per heavy atom. The molecule has 0 aliphatic rings. The van der Waals surface area contributed by atoms with Crippen molar-refractivity contribution < 1.29 is 14.7 Å². The summed E-state index contributed by atoms with van der Waals surface area (Å²) in [7, 11) is 0. The highest BCUT2D eigenvalue weighted by molar-refractivity contribution is 8.00. The average molecular weight is 240 g/mol. The van der Waals surface area contributed by atoms with Crippen LogP contribution in [-0.4, -0.2) is 27.2 Å². The lowest BCUT2D eigenvalue weighted by Gasteiger charge is -2.10. The van der Waals surface area contributed by atoms with Crippen molar-refractivity contribution in [3.05, 3.63) is 23.9 Å². The number of carbonyl (C=O) groups is 2. The van der Waals surface area contributed by atoms with Crippen molar-refractivity contribution in [2.24, 2.45) is 5.73 Å². The zero-order valence-corrected chi connectivity index (χ0v) is 9.53. The number of carboxylic acids is 1. The molecule has 0 fully saturated rings. The van der Waals surface area contributed by atoms with Gasteiger partial charge in [-0.3, -0.25) is 4.79 Å². The molecule has 0 aliphatic heterocycles. The highest BCUT2D eigenvalue weighted by Crippen LogP contribution is 2.26. The second kappa shape index (κ2) is 5.50. The largest absolute Gasteiger partial charge is 0.478 e.